The van der Waals surface area contributed by atoms with Crippen LogP contribution in [0.25, 0.3) is 0 Å². The number of unbranched alkanes of at least 4 members (excludes halogenated alkanes) is 1. The fourth-order valence-corrected chi connectivity index (χ4v) is 3.00. The van der Waals surface area contributed by atoms with E-state index in [1.54, 1.807) is 7.11 Å². The van der Waals surface area contributed by atoms with E-state index in [0.29, 0.717) is 19.1 Å². The molecule has 2 N–H and O–H groups in total. The molecule has 1 atom stereocenters. The SMILES string of the molecule is CCC(COC)NS(=O)(=O)CCCCNC(C)C. The Morgan fingerprint density at radius 2 is 1.89 bits per heavy atom. The Balaban J connectivity index is 3.85. The molecular weight excluding hydrogens is 252 g/mol. The van der Waals surface area contributed by atoms with Crippen LogP contribution in [0.1, 0.15) is 40.0 Å². The molecule has 0 aromatic rings. The molecule has 5 nitrogen and oxygen atoms in total. The van der Waals surface area contributed by atoms with Crippen molar-refractivity contribution < 1.29 is 13.2 Å². The van der Waals surface area contributed by atoms with Crippen molar-refractivity contribution in [1.29, 1.82) is 0 Å². The third-order valence-corrected chi connectivity index (χ3v) is 4.12. The van der Waals surface area contributed by atoms with Crippen LogP contribution in [0.3, 0.4) is 0 Å². The van der Waals surface area contributed by atoms with Crippen LogP contribution in [0.5, 0.6) is 0 Å². The van der Waals surface area contributed by atoms with Crippen LogP contribution in [-0.2, 0) is 14.8 Å². The molecule has 0 rings (SSSR count). The van der Waals surface area contributed by atoms with Gasteiger partial charge < -0.3 is 10.1 Å². The third-order valence-electron chi connectivity index (χ3n) is 2.60. The Kier molecular flexibility index (Phi) is 9.63. The summed E-state index contributed by atoms with van der Waals surface area (Å²) in [5, 5.41) is 3.27. The van der Waals surface area contributed by atoms with Gasteiger partial charge in [0.25, 0.3) is 0 Å². The highest BCUT2D eigenvalue weighted by Gasteiger charge is 2.15. The van der Waals surface area contributed by atoms with Gasteiger partial charge in [-0.25, -0.2) is 13.1 Å². The first-order chi connectivity index (χ1) is 8.41. The molecule has 18 heavy (non-hydrogen) atoms. The predicted molar refractivity (Wildman–Crippen MR) is 75.3 cm³/mol. The second kappa shape index (κ2) is 9.72. The molecule has 0 radical (unpaired) electrons. The molecule has 110 valence electrons. The van der Waals surface area contributed by atoms with Gasteiger partial charge in [0.2, 0.25) is 10.0 Å². The van der Waals surface area contributed by atoms with E-state index < -0.39 is 10.0 Å². The lowest BCUT2D eigenvalue weighted by Crippen LogP contribution is -2.38. The van der Waals surface area contributed by atoms with Crippen molar-refractivity contribution in [1.82, 2.24) is 10.0 Å². The summed E-state index contributed by atoms with van der Waals surface area (Å²) in [4.78, 5) is 0. The van der Waals surface area contributed by atoms with Gasteiger partial charge in [0.05, 0.1) is 12.4 Å². The Morgan fingerprint density at radius 3 is 2.39 bits per heavy atom. The maximum atomic E-state index is 11.8. The minimum absolute atomic E-state index is 0.117. The fraction of sp³-hybridized carbons (Fsp3) is 1.00. The molecule has 0 aromatic carbocycles. The first kappa shape index (κ1) is 17.8. The van der Waals surface area contributed by atoms with Gasteiger partial charge >= 0.3 is 0 Å². The molecule has 0 aliphatic rings. The van der Waals surface area contributed by atoms with Crippen molar-refractivity contribution in [3.05, 3.63) is 0 Å². The molecule has 0 saturated heterocycles. The Bertz CT molecular complexity index is 292. The number of methoxy groups -OCH3 is 1. The van der Waals surface area contributed by atoms with Crippen LogP contribution >= 0.6 is 0 Å². The molecule has 0 heterocycles. The molecule has 0 aromatic heterocycles. The summed E-state index contributed by atoms with van der Waals surface area (Å²) < 4.78 is 31.2. The maximum Gasteiger partial charge on any atom is 0.211 e. The maximum absolute atomic E-state index is 11.8. The number of hydrogen-bond donors (Lipinski definition) is 2. The van der Waals surface area contributed by atoms with Gasteiger partial charge in [-0.3, -0.25) is 0 Å². The molecule has 0 aliphatic heterocycles. The van der Waals surface area contributed by atoms with E-state index in [-0.39, 0.29) is 11.8 Å². The summed E-state index contributed by atoms with van der Waals surface area (Å²) in [6.07, 6.45) is 2.29. The average Bonchev–Trinajstić information content (AvgIpc) is 2.27. The Hall–Kier alpha value is -0.170. The number of nitrogens with one attached hydrogen (secondary N) is 2. The summed E-state index contributed by atoms with van der Waals surface area (Å²) in [7, 11) is -1.60. The van der Waals surface area contributed by atoms with Crippen molar-refractivity contribution in [3.8, 4) is 0 Å². The van der Waals surface area contributed by atoms with Crippen LogP contribution < -0.4 is 10.0 Å². The highest BCUT2D eigenvalue weighted by molar-refractivity contribution is 7.89. The zero-order valence-electron chi connectivity index (χ0n) is 12.0. The van der Waals surface area contributed by atoms with Gasteiger partial charge in [0.1, 0.15) is 0 Å². The van der Waals surface area contributed by atoms with Gasteiger partial charge in [0.15, 0.2) is 0 Å². The van der Waals surface area contributed by atoms with Gasteiger partial charge in [-0.2, -0.15) is 0 Å². The first-order valence-electron chi connectivity index (χ1n) is 6.63. The van der Waals surface area contributed by atoms with Crippen LogP contribution in [0.4, 0.5) is 0 Å². The smallest absolute Gasteiger partial charge is 0.211 e. The standard InChI is InChI=1S/C12H28N2O3S/c1-5-12(10-17-4)14-18(15,16)9-7-6-8-13-11(2)3/h11-14H,5-10H2,1-4H3. The largest absolute Gasteiger partial charge is 0.383 e. The monoisotopic (exact) mass is 280 g/mol. The second-order valence-electron chi connectivity index (χ2n) is 4.81. The van der Waals surface area contributed by atoms with Crippen molar-refractivity contribution in [3.63, 3.8) is 0 Å². The first-order valence-corrected chi connectivity index (χ1v) is 8.28. The highest BCUT2D eigenvalue weighted by atomic mass is 32.2. The lowest BCUT2D eigenvalue weighted by Gasteiger charge is -2.16. The normalized spacial score (nSPS) is 14.1. The van der Waals surface area contributed by atoms with E-state index in [2.05, 4.69) is 23.9 Å². The lowest BCUT2D eigenvalue weighted by atomic mass is 10.3. The summed E-state index contributed by atoms with van der Waals surface area (Å²) in [6, 6.07) is 0.333. The minimum Gasteiger partial charge on any atom is -0.383 e. The molecular formula is C12H28N2O3S. The summed E-state index contributed by atoms with van der Waals surface area (Å²) in [5.74, 6) is 0.187. The predicted octanol–water partition coefficient (Wildman–Crippen LogP) is 1.11. The van der Waals surface area contributed by atoms with E-state index in [9.17, 15) is 8.42 Å². The second-order valence-corrected chi connectivity index (χ2v) is 6.69. The van der Waals surface area contributed by atoms with Gasteiger partial charge in [-0.15, -0.1) is 0 Å². The number of hydrogen-bond acceptors (Lipinski definition) is 4. The quantitative estimate of drug-likeness (QED) is 0.556. The van der Waals surface area contributed by atoms with Crippen molar-refractivity contribution >= 4 is 10.0 Å². The molecule has 1 unspecified atom stereocenters. The van der Waals surface area contributed by atoms with E-state index in [1.807, 2.05) is 6.92 Å². The van der Waals surface area contributed by atoms with Crippen LogP contribution in [0, 0.1) is 0 Å². The molecule has 6 heteroatoms. The van der Waals surface area contributed by atoms with E-state index in [4.69, 9.17) is 4.74 Å². The Labute approximate surface area is 112 Å². The molecule has 0 saturated carbocycles. The molecule has 0 amide bonds. The summed E-state index contributed by atoms with van der Waals surface area (Å²) in [6.45, 7) is 7.38. The van der Waals surface area contributed by atoms with Gasteiger partial charge in [-0.05, 0) is 25.8 Å². The lowest BCUT2D eigenvalue weighted by molar-refractivity contribution is 0.173. The Morgan fingerprint density at radius 1 is 1.22 bits per heavy atom. The van der Waals surface area contributed by atoms with Crippen molar-refractivity contribution in [2.45, 2.75) is 52.1 Å². The van der Waals surface area contributed by atoms with E-state index in [0.717, 1.165) is 19.4 Å². The number of rotatable bonds is 11. The number of ether oxygens (including phenoxy) is 1. The van der Waals surface area contributed by atoms with Crippen LogP contribution in [0.15, 0.2) is 0 Å². The molecule has 0 bridgehead atoms. The van der Waals surface area contributed by atoms with Crippen molar-refractivity contribution in [2.24, 2.45) is 0 Å². The van der Waals surface area contributed by atoms with Crippen molar-refractivity contribution in [2.75, 3.05) is 26.0 Å². The van der Waals surface area contributed by atoms with Crippen LogP contribution in [-0.4, -0.2) is 46.5 Å². The average molecular weight is 280 g/mol. The third kappa shape index (κ3) is 9.82. The summed E-state index contributed by atoms with van der Waals surface area (Å²) in [5.41, 5.74) is 0. The van der Waals surface area contributed by atoms with Crippen LogP contribution in [0.2, 0.25) is 0 Å². The summed E-state index contributed by atoms with van der Waals surface area (Å²) >= 11 is 0. The zero-order chi connectivity index (χ0) is 14.0. The minimum atomic E-state index is -3.17. The van der Waals surface area contributed by atoms with Gasteiger partial charge in [-0.1, -0.05) is 20.8 Å². The van der Waals surface area contributed by atoms with E-state index >= 15 is 0 Å². The topological polar surface area (TPSA) is 67.4 Å². The fourth-order valence-electron chi connectivity index (χ4n) is 1.56. The van der Waals surface area contributed by atoms with Gasteiger partial charge in [0, 0.05) is 19.2 Å². The number of sulfonamides is 1. The molecule has 0 aliphatic carbocycles. The zero-order valence-corrected chi connectivity index (χ0v) is 12.8. The molecule has 0 fully saturated rings. The van der Waals surface area contributed by atoms with E-state index in [1.165, 1.54) is 0 Å². The highest BCUT2D eigenvalue weighted by Crippen LogP contribution is 1.99. The molecule has 0 spiro atoms.